The standard InChI is InChI=1S/C10H13ClIN3O/c1-7-6-16-3-2-15(7)10-13-8(5-12)4-9(11)14-10/h4,7H,2-3,5-6H2,1H3/t7-/m0/s1. The molecule has 1 aliphatic heterocycles. The van der Waals surface area contributed by atoms with Gasteiger partial charge in [0.15, 0.2) is 0 Å². The summed E-state index contributed by atoms with van der Waals surface area (Å²) in [6.45, 7) is 4.37. The molecule has 1 aromatic rings. The first-order valence-corrected chi connectivity index (χ1v) is 7.05. The van der Waals surface area contributed by atoms with Gasteiger partial charge in [-0.25, -0.2) is 9.97 Å². The largest absolute Gasteiger partial charge is 0.377 e. The Hall–Kier alpha value is -0.140. The number of nitrogens with zero attached hydrogens (tertiary/aromatic N) is 3. The van der Waals surface area contributed by atoms with Gasteiger partial charge < -0.3 is 9.64 Å². The van der Waals surface area contributed by atoms with E-state index in [0.717, 1.165) is 35.8 Å². The van der Waals surface area contributed by atoms with Gasteiger partial charge in [0.2, 0.25) is 5.95 Å². The van der Waals surface area contributed by atoms with Crippen LogP contribution in [-0.2, 0) is 9.16 Å². The van der Waals surface area contributed by atoms with Crippen LogP contribution in [0.25, 0.3) is 0 Å². The van der Waals surface area contributed by atoms with Crippen molar-refractivity contribution >= 4 is 40.1 Å². The van der Waals surface area contributed by atoms with Crippen LogP contribution in [0.5, 0.6) is 0 Å². The molecule has 2 rings (SSSR count). The summed E-state index contributed by atoms with van der Waals surface area (Å²) in [5.74, 6) is 0.718. The molecule has 88 valence electrons. The topological polar surface area (TPSA) is 38.2 Å². The molecule has 1 atom stereocenters. The molecule has 2 heterocycles. The number of hydrogen-bond donors (Lipinski definition) is 0. The molecule has 0 radical (unpaired) electrons. The Balaban J connectivity index is 2.27. The highest BCUT2D eigenvalue weighted by Gasteiger charge is 2.21. The van der Waals surface area contributed by atoms with E-state index in [9.17, 15) is 0 Å². The summed E-state index contributed by atoms with van der Waals surface area (Å²) in [4.78, 5) is 10.9. The Bertz CT molecular complexity index is 377. The van der Waals surface area contributed by atoms with Crippen LogP contribution in [0.3, 0.4) is 0 Å². The third kappa shape index (κ3) is 2.75. The van der Waals surface area contributed by atoms with Crippen molar-refractivity contribution in [3.8, 4) is 0 Å². The van der Waals surface area contributed by atoms with Gasteiger partial charge >= 0.3 is 0 Å². The molecule has 0 unspecified atom stereocenters. The zero-order chi connectivity index (χ0) is 11.5. The summed E-state index contributed by atoms with van der Waals surface area (Å²) < 4.78 is 6.23. The van der Waals surface area contributed by atoms with Crippen molar-refractivity contribution in [2.45, 2.75) is 17.4 Å². The zero-order valence-corrected chi connectivity index (χ0v) is 11.9. The summed E-state index contributed by atoms with van der Waals surface area (Å²) in [5.41, 5.74) is 0.967. The van der Waals surface area contributed by atoms with Crippen molar-refractivity contribution < 1.29 is 4.74 Å². The lowest BCUT2D eigenvalue weighted by molar-refractivity contribution is 0.0980. The lowest BCUT2D eigenvalue weighted by Gasteiger charge is -2.33. The molecule has 16 heavy (non-hydrogen) atoms. The van der Waals surface area contributed by atoms with Crippen molar-refractivity contribution in [1.29, 1.82) is 0 Å². The number of morpholine rings is 1. The van der Waals surface area contributed by atoms with Crippen LogP contribution in [0.2, 0.25) is 5.15 Å². The minimum atomic E-state index is 0.300. The van der Waals surface area contributed by atoms with Gasteiger partial charge in [-0.2, -0.15) is 0 Å². The summed E-state index contributed by atoms with van der Waals surface area (Å²) in [5, 5.41) is 0.510. The van der Waals surface area contributed by atoms with Gasteiger partial charge in [-0.1, -0.05) is 34.2 Å². The van der Waals surface area contributed by atoms with Gasteiger partial charge in [0.05, 0.1) is 24.9 Å². The van der Waals surface area contributed by atoms with Gasteiger partial charge in [0.25, 0.3) is 0 Å². The van der Waals surface area contributed by atoms with E-state index in [4.69, 9.17) is 16.3 Å². The van der Waals surface area contributed by atoms with Crippen LogP contribution in [0, 0.1) is 0 Å². The highest BCUT2D eigenvalue weighted by Crippen LogP contribution is 2.19. The summed E-state index contributed by atoms with van der Waals surface area (Å²) in [6, 6.07) is 2.11. The van der Waals surface area contributed by atoms with Gasteiger partial charge in [-0.15, -0.1) is 0 Å². The third-order valence-electron chi connectivity index (χ3n) is 2.50. The van der Waals surface area contributed by atoms with Crippen LogP contribution in [0.15, 0.2) is 6.07 Å². The Labute approximate surface area is 113 Å². The molecular formula is C10H13ClIN3O. The molecule has 0 bridgehead atoms. The lowest BCUT2D eigenvalue weighted by atomic mass is 10.3. The van der Waals surface area contributed by atoms with Crippen molar-refractivity contribution in [2.75, 3.05) is 24.7 Å². The number of halogens is 2. The maximum Gasteiger partial charge on any atom is 0.227 e. The first-order chi connectivity index (χ1) is 7.70. The van der Waals surface area contributed by atoms with E-state index >= 15 is 0 Å². The molecule has 0 N–H and O–H groups in total. The van der Waals surface area contributed by atoms with Gasteiger partial charge in [-0.3, -0.25) is 0 Å². The van der Waals surface area contributed by atoms with Crippen molar-refractivity contribution in [3.05, 3.63) is 16.9 Å². The van der Waals surface area contributed by atoms with Crippen LogP contribution in [0.4, 0.5) is 5.95 Å². The smallest absolute Gasteiger partial charge is 0.227 e. The number of ether oxygens (including phenoxy) is 1. The van der Waals surface area contributed by atoms with Crippen LogP contribution in [-0.4, -0.2) is 35.8 Å². The quantitative estimate of drug-likeness (QED) is 0.464. The molecule has 1 saturated heterocycles. The highest BCUT2D eigenvalue weighted by atomic mass is 127. The lowest BCUT2D eigenvalue weighted by Crippen LogP contribution is -2.44. The van der Waals surface area contributed by atoms with Crippen molar-refractivity contribution in [1.82, 2.24) is 9.97 Å². The van der Waals surface area contributed by atoms with E-state index in [1.54, 1.807) is 0 Å². The summed E-state index contributed by atoms with van der Waals surface area (Å²) >= 11 is 8.25. The minimum absolute atomic E-state index is 0.300. The monoisotopic (exact) mass is 353 g/mol. The first kappa shape index (κ1) is 12.3. The van der Waals surface area contributed by atoms with Gasteiger partial charge in [0, 0.05) is 11.0 Å². The number of aromatic nitrogens is 2. The second-order valence-electron chi connectivity index (χ2n) is 3.73. The Morgan fingerprint density at radius 2 is 2.44 bits per heavy atom. The SMILES string of the molecule is C[C@H]1COCCN1c1nc(Cl)cc(CI)n1. The average Bonchev–Trinajstić information content (AvgIpc) is 2.28. The van der Waals surface area contributed by atoms with Crippen LogP contribution in [0.1, 0.15) is 12.6 Å². The molecule has 0 aliphatic carbocycles. The number of anilines is 1. The summed E-state index contributed by atoms with van der Waals surface area (Å²) in [6.07, 6.45) is 0. The molecular weight excluding hydrogens is 340 g/mol. The fourth-order valence-electron chi connectivity index (χ4n) is 1.67. The predicted octanol–water partition coefficient (Wildman–Crippen LogP) is 2.29. The van der Waals surface area contributed by atoms with E-state index in [0.29, 0.717) is 11.2 Å². The summed E-state index contributed by atoms with van der Waals surface area (Å²) in [7, 11) is 0. The normalized spacial score (nSPS) is 21.2. The molecule has 0 spiro atoms. The molecule has 0 saturated carbocycles. The van der Waals surface area contributed by atoms with E-state index in [1.165, 1.54) is 0 Å². The molecule has 4 nitrogen and oxygen atoms in total. The highest BCUT2D eigenvalue weighted by molar-refractivity contribution is 14.1. The number of rotatable bonds is 2. The van der Waals surface area contributed by atoms with Gasteiger partial charge in [0.1, 0.15) is 5.15 Å². The zero-order valence-electron chi connectivity index (χ0n) is 8.99. The van der Waals surface area contributed by atoms with Crippen molar-refractivity contribution in [3.63, 3.8) is 0 Å². The fraction of sp³-hybridized carbons (Fsp3) is 0.600. The van der Waals surface area contributed by atoms with E-state index in [-0.39, 0.29) is 0 Å². The average molecular weight is 354 g/mol. The third-order valence-corrected chi connectivity index (χ3v) is 3.47. The minimum Gasteiger partial charge on any atom is -0.377 e. The Morgan fingerprint density at radius 1 is 1.62 bits per heavy atom. The Morgan fingerprint density at radius 3 is 3.12 bits per heavy atom. The molecule has 0 amide bonds. The Kier molecular flexibility index (Phi) is 4.21. The predicted molar refractivity (Wildman–Crippen MR) is 72.4 cm³/mol. The van der Waals surface area contributed by atoms with E-state index < -0.39 is 0 Å². The number of hydrogen-bond acceptors (Lipinski definition) is 4. The maximum atomic E-state index is 5.98. The molecule has 1 aliphatic rings. The molecule has 1 aromatic heterocycles. The fourth-order valence-corrected chi connectivity index (χ4v) is 2.26. The first-order valence-electron chi connectivity index (χ1n) is 5.14. The second kappa shape index (κ2) is 5.46. The van der Waals surface area contributed by atoms with Gasteiger partial charge in [-0.05, 0) is 13.0 Å². The van der Waals surface area contributed by atoms with E-state index in [2.05, 4.69) is 44.4 Å². The molecule has 1 fully saturated rings. The number of alkyl halides is 1. The van der Waals surface area contributed by atoms with E-state index in [1.807, 2.05) is 6.07 Å². The maximum absolute atomic E-state index is 5.98. The van der Waals surface area contributed by atoms with Crippen LogP contribution < -0.4 is 4.90 Å². The second-order valence-corrected chi connectivity index (χ2v) is 4.88. The molecule has 0 aromatic carbocycles. The molecule has 6 heteroatoms. The van der Waals surface area contributed by atoms with Crippen molar-refractivity contribution in [2.24, 2.45) is 0 Å². The van der Waals surface area contributed by atoms with Crippen LogP contribution >= 0.6 is 34.2 Å².